The first-order valence-electron chi connectivity index (χ1n) is 6.05. The Morgan fingerprint density at radius 1 is 1.29 bits per heavy atom. The van der Waals surface area contributed by atoms with Gasteiger partial charge in [0.2, 0.25) is 0 Å². The maximum Gasteiger partial charge on any atom is 0.0491 e. The van der Waals surface area contributed by atoms with Crippen molar-refractivity contribution in [3.63, 3.8) is 0 Å². The Bertz CT molecular complexity index is 313. The molecular weight excluding hydrogens is 278 g/mol. The first kappa shape index (κ1) is 14.7. The Morgan fingerprint density at radius 2 is 1.94 bits per heavy atom. The van der Waals surface area contributed by atoms with E-state index in [1.807, 2.05) is 7.05 Å². The van der Waals surface area contributed by atoms with E-state index < -0.39 is 0 Å². The lowest BCUT2D eigenvalue weighted by atomic mass is 9.88. The van der Waals surface area contributed by atoms with E-state index >= 15 is 0 Å². The molecule has 3 heteroatoms. The van der Waals surface area contributed by atoms with E-state index in [4.69, 9.17) is 4.74 Å². The van der Waals surface area contributed by atoms with Crippen LogP contribution in [0.4, 0.5) is 0 Å². The van der Waals surface area contributed by atoms with Crippen molar-refractivity contribution in [3.05, 3.63) is 34.3 Å². The highest BCUT2D eigenvalue weighted by atomic mass is 79.9. The third kappa shape index (κ3) is 5.19. The summed E-state index contributed by atoms with van der Waals surface area (Å²) in [5.41, 5.74) is 1.39. The molecule has 2 atom stereocenters. The summed E-state index contributed by atoms with van der Waals surface area (Å²) in [6.07, 6.45) is 1.10. The summed E-state index contributed by atoms with van der Waals surface area (Å²) in [5.74, 6) is 1.18. The van der Waals surface area contributed by atoms with Gasteiger partial charge in [-0.2, -0.15) is 0 Å². The van der Waals surface area contributed by atoms with E-state index in [1.54, 1.807) is 7.11 Å². The van der Waals surface area contributed by atoms with E-state index in [0.29, 0.717) is 11.8 Å². The van der Waals surface area contributed by atoms with Gasteiger partial charge in [0.15, 0.2) is 0 Å². The van der Waals surface area contributed by atoms with Crippen LogP contribution in [0.15, 0.2) is 28.7 Å². The van der Waals surface area contributed by atoms with E-state index in [2.05, 4.69) is 52.4 Å². The van der Waals surface area contributed by atoms with Crippen molar-refractivity contribution in [1.29, 1.82) is 0 Å². The second kappa shape index (κ2) is 7.85. The lowest BCUT2D eigenvalue weighted by Gasteiger charge is -2.23. The number of nitrogens with one attached hydrogen (secondary N) is 1. The van der Waals surface area contributed by atoms with Crippen LogP contribution in [0.5, 0.6) is 0 Å². The predicted molar refractivity (Wildman–Crippen MR) is 76.3 cm³/mol. The van der Waals surface area contributed by atoms with Gasteiger partial charge in [-0.15, -0.1) is 0 Å². The van der Waals surface area contributed by atoms with Crippen LogP contribution in [0.25, 0.3) is 0 Å². The molecule has 17 heavy (non-hydrogen) atoms. The smallest absolute Gasteiger partial charge is 0.0491 e. The van der Waals surface area contributed by atoms with Crippen molar-refractivity contribution in [2.24, 2.45) is 11.8 Å². The molecule has 0 heterocycles. The van der Waals surface area contributed by atoms with Gasteiger partial charge in [0.1, 0.15) is 0 Å². The van der Waals surface area contributed by atoms with Crippen molar-refractivity contribution in [2.75, 3.05) is 27.3 Å². The predicted octanol–water partition coefficient (Wildman–Crippen LogP) is 3.11. The average Bonchev–Trinajstić information content (AvgIpc) is 2.31. The molecule has 1 rings (SSSR count). The maximum absolute atomic E-state index is 5.25. The molecule has 2 unspecified atom stereocenters. The summed E-state index contributed by atoms with van der Waals surface area (Å²) >= 11 is 3.46. The number of hydrogen-bond acceptors (Lipinski definition) is 2. The maximum atomic E-state index is 5.25. The van der Waals surface area contributed by atoms with Crippen LogP contribution < -0.4 is 5.32 Å². The van der Waals surface area contributed by atoms with Crippen molar-refractivity contribution in [3.8, 4) is 0 Å². The molecule has 0 saturated heterocycles. The first-order chi connectivity index (χ1) is 8.17. The molecule has 0 bridgehead atoms. The largest absolute Gasteiger partial charge is 0.384 e. The second-order valence-electron chi connectivity index (χ2n) is 4.58. The van der Waals surface area contributed by atoms with Gasteiger partial charge in [0.05, 0.1) is 0 Å². The Balaban J connectivity index is 2.62. The van der Waals surface area contributed by atoms with Crippen LogP contribution in [-0.4, -0.2) is 27.3 Å². The average molecular weight is 300 g/mol. The number of ether oxygens (including phenoxy) is 1. The van der Waals surface area contributed by atoms with Crippen molar-refractivity contribution in [1.82, 2.24) is 5.32 Å². The molecule has 0 radical (unpaired) electrons. The van der Waals surface area contributed by atoms with Gasteiger partial charge >= 0.3 is 0 Å². The SMILES string of the molecule is CNCC(Cc1ccc(Br)cc1)C(C)COC. The first-order valence-corrected chi connectivity index (χ1v) is 6.84. The van der Waals surface area contributed by atoms with Gasteiger partial charge in [-0.05, 0) is 49.5 Å². The highest BCUT2D eigenvalue weighted by Crippen LogP contribution is 2.19. The summed E-state index contributed by atoms with van der Waals surface area (Å²) < 4.78 is 6.39. The molecule has 0 saturated carbocycles. The number of hydrogen-bond donors (Lipinski definition) is 1. The topological polar surface area (TPSA) is 21.3 Å². The van der Waals surface area contributed by atoms with Gasteiger partial charge in [-0.1, -0.05) is 35.0 Å². The molecular formula is C14H22BrNO. The summed E-state index contributed by atoms with van der Waals surface area (Å²) in [6, 6.07) is 8.58. The summed E-state index contributed by atoms with van der Waals surface area (Å²) in [5, 5.41) is 3.27. The molecule has 1 N–H and O–H groups in total. The Kier molecular flexibility index (Phi) is 6.78. The molecule has 2 nitrogen and oxygen atoms in total. The van der Waals surface area contributed by atoms with E-state index in [0.717, 1.165) is 24.0 Å². The van der Waals surface area contributed by atoms with Gasteiger partial charge in [-0.3, -0.25) is 0 Å². The van der Waals surface area contributed by atoms with Crippen molar-refractivity contribution >= 4 is 15.9 Å². The zero-order chi connectivity index (χ0) is 12.7. The van der Waals surface area contributed by atoms with Crippen molar-refractivity contribution < 1.29 is 4.74 Å². The number of rotatable bonds is 7. The molecule has 96 valence electrons. The minimum absolute atomic E-state index is 0.566. The summed E-state index contributed by atoms with van der Waals surface area (Å²) in [7, 11) is 3.78. The second-order valence-corrected chi connectivity index (χ2v) is 5.50. The molecule has 0 aliphatic carbocycles. The summed E-state index contributed by atoms with van der Waals surface area (Å²) in [4.78, 5) is 0. The van der Waals surface area contributed by atoms with Crippen LogP contribution in [0.2, 0.25) is 0 Å². The Labute approximate surface area is 113 Å². The summed E-state index contributed by atoms with van der Waals surface area (Å²) in [6.45, 7) is 4.10. The van der Waals surface area contributed by atoms with Crippen LogP contribution in [-0.2, 0) is 11.2 Å². The third-order valence-electron chi connectivity index (χ3n) is 3.11. The van der Waals surface area contributed by atoms with E-state index in [1.165, 1.54) is 5.56 Å². The van der Waals surface area contributed by atoms with Gasteiger partial charge in [-0.25, -0.2) is 0 Å². The Morgan fingerprint density at radius 3 is 2.47 bits per heavy atom. The van der Waals surface area contributed by atoms with Crippen LogP contribution in [0.1, 0.15) is 12.5 Å². The number of halogens is 1. The van der Waals surface area contributed by atoms with Gasteiger partial charge < -0.3 is 10.1 Å². The number of methoxy groups -OCH3 is 1. The van der Waals surface area contributed by atoms with Gasteiger partial charge in [0.25, 0.3) is 0 Å². The third-order valence-corrected chi connectivity index (χ3v) is 3.64. The fourth-order valence-electron chi connectivity index (χ4n) is 2.06. The van der Waals surface area contributed by atoms with Crippen LogP contribution in [0.3, 0.4) is 0 Å². The standard InChI is InChI=1S/C14H22BrNO/c1-11(10-17-3)13(9-16-2)8-12-4-6-14(15)7-5-12/h4-7,11,13,16H,8-10H2,1-3H3. The molecule has 1 aromatic carbocycles. The zero-order valence-electron chi connectivity index (χ0n) is 10.9. The molecule has 0 aliphatic heterocycles. The molecule has 0 amide bonds. The lowest BCUT2D eigenvalue weighted by Crippen LogP contribution is -2.28. The molecule has 0 aliphatic rings. The fraction of sp³-hybridized carbons (Fsp3) is 0.571. The quantitative estimate of drug-likeness (QED) is 0.835. The lowest BCUT2D eigenvalue weighted by molar-refractivity contribution is 0.129. The van der Waals surface area contributed by atoms with Gasteiger partial charge in [0, 0.05) is 18.2 Å². The molecule has 0 aromatic heterocycles. The molecule has 0 spiro atoms. The number of benzene rings is 1. The minimum atomic E-state index is 0.566. The fourth-order valence-corrected chi connectivity index (χ4v) is 2.32. The molecule has 1 aromatic rings. The highest BCUT2D eigenvalue weighted by molar-refractivity contribution is 9.10. The minimum Gasteiger partial charge on any atom is -0.384 e. The van der Waals surface area contributed by atoms with E-state index in [-0.39, 0.29) is 0 Å². The highest BCUT2D eigenvalue weighted by Gasteiger charge is 2.16. The van der Waals surface area contributed by atoms with E-state index in [9.17, 15) is 0 Å². The monoisotopic (exact) mass is 299 g/mol. The molecule has 0 fully saturated rings. The Hall–Kier alpha value is -0.380. The van der Waals surface area contributed by atoms with Crippen LogP contribution in [0, 0.1) is 11.8 Å². The van der Waals surface area contributed by atoms with Crippen molar-refractivity contribution in [2.45, 2.75) is 13.3 Å². The zero-order valence-corrected chi connectivity index (χ0v) is 12.5. The normalized spacial score (nSPS) is 14.6. The van der Waals surface area contributed by atoms with Crippen LogP contribution >= 0.6 is 15.9 Å².